The Morgan fingerprint density at radius 2 is 1.89 bits per heavy atom. The fourth-order valence-corrected chi connectivity index (χ4v) is 2.45. The van der Waals surface area contributed by atoms with Crippen LogP contribution in [0.4, 0.5) is 4.79 Å². The number of hydrogen-bond donors (Lipinski definition) is 4. The summed E-state index contributed by atoms with van der Waals surface area (Å²) in [6.45, 7) is 4.56. The maximum absolute atomic E-state index is 11.5. The Balaban J connectivity index is 2.25. The van der Waals surface area contributed by atoms with Crippen molar-refractivity contribution in [3.05, 3.63) is 0 Å². The number of carbonyl (C=O) groups is 2. The lowest BCUT2D eigenvalue weighted by molar-refractivity contribution is -0.137. The van der Waals surface area contributed by atoms with Crippen LogP contribution in [0.25, 0.3) is 0 Å². The van der Waals surface area contributed by atoms with Gasteiger partial charge in [0.05, 0.1) is 5.60 Å². The van der Waals surface area contributed by atoms with Crippen molar-refractivity contribution in [2.75, 3.05) is 13.1 Å². The quantitative estimate of drug-likeness (QED) is 0.544. The fourth-order valence-electron chi connectivity index (χ4n) is 2.45. The van der Waals surface area contributed by atoms with E-state index in [1.807, 2.05) is 13.8 Å². The lowest BCUT2D eigenvalue weighted by atomic mass is 9.78. The van der Waals surface area contributed by atoms with Gasteiger partial charge in [0.15, 0.2) is 0 Å². The Morgan fingerprint density at radius 3 is 2.42 bits per heavy atom. The lowest BCUT2D eigenvalue weighted by Crippen LogP contribution is -2.51. The first-order chi connectivity index (χ1) is 8.77. The average molecular weight is 272 g/mol. The van der Waals surface area contributed by atoms with Crippen molar-refractivity contribution in [1.82, 2.24) is 10.6 Å². The van der Waals surface area contributed by atoms with E-state index in [9.17, 15) is 14.7 Å². The molecular formula is C13H24N2O4. The zero-order valence-corrected chi connectivity index (χ0v) is 11.7. The highest BCUT2D eigenvalue weighted by atomic mass is 16.4. The summed E-state index contributed by atoms with van der Waals surface area (Å²) in [5, 5.41) is 24.2. The summed E-state index contributed by atoms with van der Waals surface area (Å²) in [7, 11) is 0. The molecule has 0 radical (unpaired) electrons. The van der Waals surface area contributed by atoms with Gasteiger partial charge >= 0.3 is 12.0 Å². The minimum atomic E-state index is -0.871. The number of hydrogen-bond acceptors (Lipinski definition) is 3. The molecule has 1 aliphatic carbocycles. The summed E-state index contributed by atoms with van der Waals surface area (Å²) in [5.41, 5.74) is -1.05. The van der Waals surface area contributed by atoms with Crippen molar-refractivity contribution in [3.63, 3.8) is 0 Å². The summed E-state index contributed by atoms with van der Waals surface area (Å²) >= 11 is 0. The van der Waals surface area contributed by atoms with Crippen LogP contribution in [-0.4, -0.2) is 40.9 Å². The maximum Gasteiger partial charge on any atom is 0.314 e. The van der Waals surface area contributed by atoms with Gasteiger partial charge in [0.2, 0.25) is 0 Å². The zero-order chi connectivity index (χ0) is 14.5. The molecule has 0 saturated heterocycles. The van der Waals surface area contributed by atoms with Crippen molar-refractivity contribution in [1.29, 1.82) is 0 Å². The molecule has 4 N–H and O–H groups in total. The van der Waals surface area contributed by atoms with Crippen molar-refractivity contribution in [3.8, 4) is 0 Å². The Bertz CT molecular complexity index is 344. The fraction of sp³-hybridized carbons (Fsp3) is 0.846. The third-order valence-electron chi connectivity index (χ3n) is 4.05. The first kappa shape index (κ1) is 15.8. The van der Waals surface area contributed by atoms with Gasteiger partial charge in [-0.2, -0.15) is 0 Å². The molecule has 110 valence electrons. The topological polar surface area (TPSA) is 98.7 Å². The molecule has 0 aromatic rings. The van der Waals surface area contributed by atoms with Crippen LogP contribution in [0, 0.1) is 5.41 Å². The second-order valence-corrected chi connectivity index (χ2v) is 5.88. The predicted molar refractivity (Wildman–Crippen MR) is 70.9 cm³/mol. The number of amides is 2. The normalized spacial score (nSPS) is 25.0. The van der Waals surface area contributed by atoms with Crippen LogP contribution in [-0.2, 0) is 4.79 Å². The van der Waals surface area contributed by atoms with Crippen LogP contribution < -0.4 is 10.6 Å². The van der Waals surface area contributed by atoms with E-state index in [1.165, 1.54) is 0 Å². The molecule has 0 spiro atoms. The monoisotopic (exact) mass is 272 g/mol. The first-order valence-electron chi connectivity index (χ1n) is 6.73. The first-order valence-corrected chi connectivity index (χ1v) is 6.73. The van der Waals surface area contributed by atoms with Crippen LogP contribution in [0.5, 0.6) is 0 Å². The van der Waals surface area contributed by atoms with Crippen molar-refractivity contribution in [2.24, 2.45) is 5.41 Å². The molecule has 6 heteroatoms. The number of aliphatic hydroxyl groups is 1. The molecule has 1 unspecified atom stereocenters. The van der Waals surface area contributed by atoms with E-state index in [0.29, 0.717) is 19.4 Å². The summed E-state index contributed by atoms with van der Waals surface area (Å²) in [4.78, 5) is 21.8. The predicted octanol–water partition coefficient (Wildman–Crippen LogP) is 1.09. The van der Waals surface area contributed by atoms with Crippen molar-refractivity contribution >= 4 is 12.0 Å². The number of urea groups is 1. The number of carboxylic acid groups (broad SMARTS) is 1. The van der Waals surface area contributed by atoms with Gasteiger partial charge in [0.25, 0.3) is 0 Å². The molecule has 1 aliphatic rings. The van der Waals surface area contributed by atoms with Crippen LogP contribution in [0.3, 0.4) is 0 Å². The number of carbonyl (C=O) groups excluding carboxylic acids is 1. The number of aliphatic carboxylic acids is 1. The Morgan fingerprint density at radius 1 is 1.21 bits per heavy atom. The molecule has 0 heterocycles. The van der Waals surface area contributed by atoms with E-state index >= 15 is 0 Å². The van der Waals surface area contributed by atoms with E-state index in [4.69, 9.17) is 5.11 Å². The molecule has 0 aromatic heterocycles. The van der Waals surface area contributed by atoms with Gasteiger partial charge in [-0.25, -0.2) is 4.79 Å². The molecule has 19 heavy (non-hydrogen) atoms. The third kappa shape index (κ3) is 4.38. The van der Waals surface area contributed by atoms with E-state index in [1.54, 1.807) is 0 Å². The molecule has 1 saturated carbocycles. The smallest absolute Gasteiger partial charge is 0.314 e. The zero-order valence-electron chi connectivity index (χ0n) is 11.7. The molecule has 0 bridgehead atoms. The molecule has 0 aliphatic heterocycles. The standard InChI is InChI=1S/C13H24N2O4/c1-12(2)6-4-7-13(12,19)9-15-11(18)14-8-3-5-10(16)17/h19H,3-9H2,1-2H3,(H,16,17)(H2,14,15,18). The molecule has 1 rings (SSSR count). The summed E-state index contributed by atoms with van der Waals surface area (Å²) in [6, 6.07) is -0.360. The highest BCUT2D eigenvalue weighted by molar-refractivity contribution is 5.74. The van der Waals surface area contributed by atoms with Gasteiger partial charge in [-0.3, -0.25) is 4.79 Å². The largest absolute Gasteiger partial charge is 0.481 e. The molecule has 0 aromatic carbocycles. The number of carboxylic acids is 1. The second-order valence-electron chi connectivity index (χ2n) is 5.88. The van der Waals surface area contributed by atoms with Crippen LogP contribution in [0.1, 0.15) is 46.0 Å². The second kappa shape index (κ2) is 6.23. The molecule has 1 fully saturated rings. The Kier molecular flexibility index (Phi) is 5.17. The minimum Gasteiger partial charge on any atom is -0.481 e. The van der Waals surface area contributed by atoms with E-state index in [0.717, 1.165) is 12.8 Å². The minimum absolute atomic E-state index is 0.0389. The summed E-state index contributed by atoms with van der Waals surface area (Å²) < 4.78 is 0. The van der Waals surface area contributed by atoms with Crippen molar-refractivity contribution in [2.45, 2.75) is 51.6 Å². The van der Waals surface area contributed by atoms with Crippen LogP contribution in [0.15, 0.2) is 0 Å². The number of nitrogens with one attached hydrogen (secondary N) is 2. The van der Waals surface area contributed by atoms with Gasteiger partial charge in [-0.1, -0.05) is 13.8 Å². The van der Waals surface area contributed by atoms with Gasteiger partial charge in [-0.15, -0.1) is 0 Å². The molecule has 6 nitrogen and oxygen atoms in total. The SMILES string of the molecule is CC1(C)CCCC1(O)CNC(=O)NCCCC(=O)O. The summed E-state index contributed by atoms with van der Waals surface area (Å²) in [5.74, 6) is -0.871. The average Bonchev–Trinajstić information content (AvgIpc) is 2.57. The van der Waals surface area contributed by atoms with Gasteiger partial charge in [0, 0.05) is 19.5 Å². The third-order valence-corrected chi connectivity index (χ3v) is 4.05. The highest BCUT2D eigenvalue weighted by Gasteiger charge is 2.47. The maximum atomic E-state index is 11.5. The summed E-state index contributed by atoms with van der Waals surface area (Å²) in [6.07, 6.45) is 3.05. The van der Waals surface area contributed by atoms with Gasteiger partial charge < -0.3 is 20.8 Å². The van der Waals surface area contributed by atoms with Crippen LogP contribution in [0.2, 0.25) is 0 Å². The van der Waals surface area contributed by atoms with Crippen LogP contribution >= 0.6 is 0 Å². The van der Waals surface area contributed by atoms with Gasteiger partial charge in [0.1, 0.15) is 0 Å². The number of rotatable bonds is 6. The van der Waals surface area contributed by atoms with E-state index in [2.05, 4.69) is 10.6 Å². The Hall–Kier alpha value is -1.30. The Labute approximate surface area is 113 Å². The molecular weight excluding hydrogens is 248 g/mol. The van der Waals surface area contributed by atoms with E-state index in [-0.39, 0.29) is 24.4 Å². The van der Waals surface area contributed by atoms with Gasteiger partial charge in [-0.05, 0) is 31.1 Å². The van der Waals surface area contributed by atoms with E-state index < -0.39 is 11.6 Å². The lowest BCUT2D eigenvalue weighted by Gasteiger charge is -2.36. The molecule has 2 amide bonds. The highest BCUT2D eigenvalue weighted by Crippen LogP contribution is 2.45. The van der Waals surface area contributed by atoms with Crippen molar-refractivity contribution < 1.29 is 19.8 Å². The molecule has 1 atom stereocenters.